The second-order valence-corrected chi connectivity index (χ2v) is 5.73. The first kappa shape index (κ1) is 17.9. The molecule has 1 aromatic carbocycles. The third kappa shape index (κ3) is 3.28. The molecule has 0 fully saturated rings. The van der Waals surface area contributed by atoms with Crippen LogP contribution in [0.5, 0.6) is 0 Å². The maximum Gasteiger partial charge on any atom is 0.416 e. The number of thiocarbonyl (C=S) groups is 1. The van der Waals surface area contributed by atoms with Crippen LogP contribution in [0, 0.1) is 0 Å². The van der Waals surface area contributed by atoms with Gasteiger partial charge in [0.2, 0.25) is 0 Å². The average molecular weight is 375 g/mol. The maximum atomic E-state index is 13.1. The minimum atomic E-state index is -4.51. The van der Waals surface area contributed by atoms with Crippen molar-refractivity contribution < 1.29 is 13.2 Å². The fourth-order valence-corrected chi connectivity index (χ4v) is 2.76. The number of nitrogens with zero attached hydrogens (tertiary/aromatic N) is 3. The van der Waals surface area contributed by atoms with E-state index in [-0.39, 0.29) is 22.6 Å². The van der Waals surface area contributed by atoms with Gasteiger partial charge < -0.3 is 0 Å². The highest BCUT2D eigenvalue weighted by molar-refractivity contribution is 7.79. The van der Waals surface area contributed by atoms with Crippen LogP contribution in [0.4, 0.5) is 13.2 Å². The summed E-state index contributed by atoms with van der Waals surface area (Å²) in [5, 5.41) is 1.25. The molecule has 0 spiro atoms. The monoisotopic (exact) mass is 375 g/mol. The van der Waals surface area contributed by atoms with Crippen molar-refractivity contribution in [2.75, 3.05) is 0 Å². The van der Waals surface area contributed by atoms with E-state index in [0.29, 0.717) is 5.56 Å². The molecule has 0 saturated carbocycles. The van der Waals surface area contributed by atoms with E-state index in [1.54, 1.807) is 12.1 Å². The number of hydrogen-bond donors (Lipinski definition) is 0. The van der Waals surface area contributed by atoms with Crippen molar-refractivity contribution in [3.05, 3.63) is 70.5 Å². The van der Waals surface area contributed by atoms with E-state index in [1.165, 1.54) is 41.5 Å². The Morgan fingerprint density at radius 3 is 2.42 bits per heavy atom. The number of pyridine rings is 1. The van der Waals surface area contributed by atoms with E-state index in [1.807, 2.05) is 0 Å². The van der Waals surface area contributed by atoms with Gasteiger partial charge in [-0.15, -0.1) is 0 Å². The topological polar surface area (TPSA) is 47.8 Å². The molecule has 0 N–H and O–H groups in total. The predicted octanol–water partition coefficient (Wildman–Crippen LogP) is 3.88. The molecular formula is C18H12F3N3OS. The Morgan fingerprint density at radius 2 is 1.81 bits per heavy atom. The second-order valence-electron chi connectivity index (χ2n) is 5.49. The van der Waals surface area contributed by atoms with Gasteiger partial charge >= 0.3 is 6.18 Å². The molecule has 8 heteroatoms. The van der Waals surface area contributed by atoms with E-state index >= 15 is 0 Å². The third-order valence-corrected chi connectivity index (χ3v) is 4.07. The molecular weight excluding hydrogens is 363 g/mol. The van der Waals surface area contributed by atoms with Crippen LogP contribution in [0.25, 0.3) is 22.4 Å². The zero-order valence-electron chi connectivity index (χ0n) is 13.5. The molecule has 0 radical (unpaired) electrons. The number of aromatic nitrogens is 3. The van der Waals surface area contributed by atoms with Crippen molar-refractivity contribution in [1.82, 2.24) is 14.5 Å². The normalized spacial score (nSPS) is 11.4. The summed E-state index contributed by atoms with van der Waals surface area (Å²) in [5.41, 5.74) is -0.297. The molecule has 0 unspecified atom stereocenters. The van der Waals surface area contributed by atoms with Gasteiger partial charge in [0.1, 0.15) is 5.82 Å². The Bertz CT molecular complexity index is 1030. The molecule has 3 aromatic rings. The van der Waals surface area contributed by atoms with E-state index in [2.05, 4.69) is 9.97 Å². The van der Waals surface area contributed by atoms with Crippen molar-refractivity contribution in [2.24, 2.45) is 7.05 Å². The summed E-state index contributed by atoms with van der Waals surface area (Å²) < 4.78 is 40.5. The van der Waals surface area contributed by atoms with E-state index in [9.17, 15) is 18.0 Å². The van der Waals surface area contributed by atoms with Crippen LogP contribution in [0.1, 0.15) is 11.4 Å². The number of halogens is 3. The molecule has 0 saturated heterocycles. The molecule has 2 aromatic heterocycles. The van der Waals surface area contributed by atoms with E-state index in [0.717, 1.165) is 12.1 Å². The van der Waals surface area contributed by atoms with Crippen molar-refractivity contribution in [3.63, 3.8) is 0 Å². The zero-order chi connectivity index (χ0) is 18.9. The molecule has 26 heavy (non-hydrogen) atoms. The van der Waals surface area contributed by atoms with Gasteiger partial charge in [0.05, 0.1) is 16.8 Å². The van der Waals surface area contributed by atoms with Crippen LogP contribution in [0.3, 0.4) is 0 Å². The summed E-state index contributed by atoms with van der Waals surface area (Å²) in [4.78, 5) is 21.2. The van der Waals surface area contributed by atoms with Gasteiger partial charge in [0.15, 0.2) is 0 Å². The summed E-state index contributed by atoms with van der Waals surface area (Å²) in [5.74, 6) is 0.243. The van der Waals surface area contributed by atoms with Crippen LogP contribution in [-0.4, -0.2) is 19.9 Å². The lowest BCUT2D eigenvalue weighted by atomic mass is 9.99. The molecule has 132 valence electrons. The van der Waals surface area contributed by atoms with Crippen LogP contribution >= 0.6 is 12.2 Å². The largest absolute Gasteiger partial charge is 0.416 e. The van der Waals surface area contributed by atoms with Crippen molar-refractivity contribution in [1.29, 1.82) is 0 Å². The first-order chi connectivity index (χ1) is 12.3. The smallest absolute Gasteiger partial charge is 0.295 e. The Morgan fingerprint density at radius 1 is 1.12 bits per heavy atom. The molecule has 0 aliphatic carbocycles. The lowest BCUT2D eigenvalue weighted by molar-refractivity contribution is -0.137. The van der Waals surface area contributed by atoms with Crippen LogP contribution in [0.15, 0.2) is 53.6 Å². The Hall–Kier alpha value is -2.87. The Balaban J connectivity index is 2.36. The van der Waals surface area contributed by atoms with Gasteiger partial charge in [0, 0.05) is 30.4 Å². The van der Waals surface area contributed by atoms with Crippen molar-refractivity contribution >= 4 is 17.6 Å². The highest BCUT2D eigenvalue weighted by Gasteiger charge is 2.31. The standard InChI is InChI=1S/C18H12F3N3OS/c1-24-14(10-26)23-16(11-5-7-22-8-6-11)15(17(24)25)12-3-2-4-13(9-12)18(19,20)21/h2-10H,1H3. The third-order valence-electron chi connectivity index (χ3n) is 3.86. The highest BCUT2D eigenvalue weighted by atomic mass is 32.1. The van der Waals surface area contributed by atoms with Gasteiger partial charge in [-0.05, 0) is 29.8 Å². The van der Waals surface area contributed by atoms with E-state index in [4.69, 9.17) is 12.2 Å². The summed E-state index contributed by atoms with van der Waals surface area (Å²) in [7, 11) is 1.47. The average Bonchev–Trinajstić information content (AvgIpc) is 2.64. The molecule has 0 atom stereocenters. The number of hydrogen-bond acceptors (Lipinski definition) is 4. The number of benzene rings is 1. The summed E-state index contributed by atoms with van der Waals surface area (Å²) in [6.07, 6.45) is -1.48. The molecule has 0 aliphatic rings. The van der Waals surface area contributed by atoms with Crippen LogP contribution in [0.2, 0.25) is 0 Å². The van der Waals surface area contributed by atoms with Gasteiger partial charge in [-0.25, -0.2) is 4.98 Å². The summed E-state index contributed by atoms with van der Waals surface area (Å²) in [6, 6.07) is 7.88. The molecule has 2 heterocycles. The van der Waals surface area contributed by atoms with Gasteiger partial charge in [-0.3, -0.25) is 14.3 Å². The fourth-order valence-electron chi connectivity index (χ4n) is 2.55. The Kier molecular flexibility index (Phi) is 4.69. The van der Waals surface area contributed by atoms with Crippen molar-refractivity contribution in [3.8, 4) is 22.4 Å². The molecule has 0 bridgehead atoms. The lowest BCUT2D eigenvalue weighted by Gasteiger charge is -2.14. The predicted molar refractivity (Wildman–Crippen MR) is 95.9 cm³/mol. The summed E-state index contributed by atoms with van der Waals surface area (Å²) >= 11 is 4.90. The zero-order valence-corrected chi connectivity index (χ0v) is 14.3. The Labute approximate surface area is 152 Å². The number of alkyl halides is 3. The molecule has 4 nitrogen and oxygen atoms in total. The summed E-state index contributed by atoms with van der Waals surface area (Å²) in [6.45, 7) is 0. The first-order valence-electron chi connectivity index (χ1n) is 7.47. The minimum Gasteiger partial charge on any atom is -0.295 e. The van der Waals surface area contributed by atoms with Gasteiger partial charge in [0.25, 0.3) is 5.56 Å². The van der Waals surface area contributed by atoms with Crippen molar-refractivity contribution in [2.45, 2.75) is 6.18 Å². The van der Waals surface area contributed by atoms with Gasteiger partial charge in [-0.2, -0.15) is 13.2 Å². The highest BCUT2D eigenvalue weighted by Crippen LogP contribution is 2.33. The molecule has 0 amide bonds. The molecule has 0 aliphatic heterocycles. The quantitative estimate of drug-likeness (QED) is 0.652. The minimum absolute atomic E-state index is 0.0744. The van der Waals surface area contributed by atoms with E-state index < -0.39 is 17.3 Å². The SMILES string of the molecule is Cn1c(C=S)nc(-c2ccncc2)c(-c2cccc(C(F)(F)F)c2)c1=O. The fraction of sp³-hybridized carbons (Fsp3) is 0.111. The molecule has 3 rings (SSSR count). The van der Waals surface area contributed by atoms with Crippen LogP contribution in [-0.2, 0) is 13.2 Å². The van der Waals surface area contributed by atoms with Gasteiger partial charge in [-0.1, -0.05) is 24.4 Å². The maximum absolute atomic E-state index is 13.1. The number of rotatable bonds is 3. The van der Waals surface area contributed by atoms with Crippen LogP contribution < -0.4 is 5.56 Å². The first-order valence-corrected chi connectivity index (χ1v) is 7.94. The lowest BCUT2D eigenvalue weighted by Crippen LogP contribution is -2.24. The second kappa shape index (κ2) is 6.80.